The average Bonchev–Trinajstić information content (AvgIpc) is 2.55. The molecule has 0 radical (unpaired) electrons. The number of likely N-dealkylation sites (N-methyl/N-ethyl adjacent to an activating group) is 2. The second-order valence-corrected chi connectivity index (χ2v) is 6.71. The van der Waals surface area contributed by atoms with E-state index in [-0.39, 0.29) is 11.7 Å². The van der Waals surface area contributed by atoms with Gasteiger partial charge in [0.15, 0.2) is 0 Å². The quantitative estimate of drug-likeness (QED) is 0.759. The highest BCUT2D eigenvalue weighted by molar-refractivity contribution is 5.83. The number of benzene rings is 1. The van der Waals surface area contributed by atoms with Crippen LogP contribution in [0.4, 0.5) is 4.39 Å². The monoisotopic (exact) mass is 336 g/mol. The maximum absolute atomic E-state index is 13.1. The molecule has 0 aromatic heterocycles. The van der Waals surface area contributed by atoms with Crippen molar-refractivity contribution in [2.24, 2.45) is 0 Å². The van der Waals surface area contributed by atoms with E-state index in [4.69, 9.17) is 0 Å². The molecule has 134 valence electrons. The number of rotatable bonds is 7. The van der Waals surface area contributed by atoms with Crippen molar-refractivity contribution < 1.29 is 9.18 Å². The van der Waals surface area contributed by atoms with Gasteiger partial charge >= 0.3 is 0 Å². The van der Waals surface area contributed by atoms with Gasteiger partial charge in [-0.1, -0.05) is 12.1 Å². The first-order chi connectivity index (χ1) is 11.5. The second-order valence-electron chi connectivity index (χ2n) is 6.71. The van der Waals surface area contributed by atoms with E-state index >= 15 is 0 Å². The average molecular weight is 336 g/mol. The van der Waals surface area contributed by atoms with Gasteiger partial charge in [-0.3, -0.25) is 9.69 Å². The second kappa shape index (κ2) is 9.11. The smallest absolute Gasteiger partial charge is 0.241 e. The Morgan fingerprint density at radius 2 is 1.83 bits per heavy atom. The Morgan fingerprint density at radius 1 is 1.21 bits per heavy atom. The molecule has 1 aromatic rings. The van der Waals surface area contributed by atoms with Gasteiger partial charge in [-0.2, -0.15) is 0 Å². The number of piperazine rings is 1. The Morgan fingerprint density at radius 3 is 2.42 bits per heavy atom. The zero-order valence-corrected chi connectivity index (χ0v) is 15.0. The van der Waals surface area contributed by atoms with Gasteiger partial charge in [-0.05, 0) is 51.8 Å². The largest absolute Gasteiger partial charge is 0.354 e. The number of amides is 1. The number of halogens is 1. The first-order valence-electron chi connectivity index (χ1n) is 8.58. The van der Waals surface area contributed by atoms with Crippen LogP contribution in [0.2, 0.25) is 0 Å². The van der Waals surface area contributed by atoms with E-state index in [1.807, 2.05) is 19.0 Å². The van der Waals surface area contributed by atoms with Gasteiger partial charge in [0.2, 0.25) is 5.91 Å². The fraction of sp³-hybridized carbons (Fsp3) is 0.611. The minimum atomic E-state index is -0.394. The summed E-state index contributed by atoms with van der Waals surface area (Å²) in [5.41, 5.74) is 0.804. The zero-order valence-electron chi connectivity index (χ0n) is 15.0. The van der Waals surface area contributed by atoms with Crippen LogP contribution in [0.3, 0.4) is 0 Å². The lowest BCUT2D eigenvalue weighted by Crippen LogP contribution is -2.45. The Labute approximate surface area is 144 Å². The summed E-state index contributed by atoms with van der Waals surface area (Å²) in [5, 5.41) is 3.01. The van der Waals surface area contributed by atoms with Crippen LogP contribution in [-0.2, 0) is 4.79 Å². The van der Waals surface area contributed by atoms with Crippen molar-refractivity contribution in [1.82, 2.24) is 20.0 Å². The van der Waals surface area contributed by atoms with Crippen molar-refractivity contribution >= 4 is 5.91 Å². The molecule has 1 aliphatic rings. The van der Waals surface area contributed by atoms with Crippen molar-refractivity contribution in [3.63, 3.8) is 0 Å². The van der Waals surface area contributed by atoms with Crippen LogP contribution in [-0.4, -0.2) is 81.0 Å². The Kier molecular flexibility index (Phi) is 7.15. The van der Waals surface area contributed by atoms with Gasteiger partial charge in [0, 0.05) is 32.7 Å². The highest BCUT2D eigenvalue weighted by Gasteiger charge is 2.22. The number of nitrogens with zero attached hydrogens (tertiary/aromatic N) is 3. The third-order valence-electron chi connectivity index (χ3n) is 4.50. The lowest BCUT2D eigenvalue weighted by Gasteiger charge is -2.32. The summed E-state index contributed by atoms with van der Waals surface area (Å²) in [6, 6.07) is 5.74. The molecule has 1 amide bonds. The fourth-order valence-electron chi connectivity index (χ4n) is 3.01. The molecule has 1 atom stereocenters. The molecule has 0 aliphatic carbocycles. The van der Waals surface area contributed by atoms with E-state index in [2.05, 4.69) is 22.2 Å². The first-order valence-corrected chi connectivity index (χ1v) is 8.58. The van der Waals surface area contributed by atoms with E-state index in [1.165, 1.54) is 12.1 Å². The van der Waals surface area contributed by atoms with Crippen LogP contribution in [0.1, 0.15) is 18.0 Å². The molecule has 0 bridgehead atoms. The van der Waals surface area contributed by atoms with Gasteiger partial charge in [-0.15, -0.1) is 0 Å². The van der Waals surface area contributed by atoms with Crippen LogP contribution in [0.5, 0.6) is 0 Å². The number of carbonyl (C=O) groups excluding carboxylic acids is 1. The predicted molar refractivity (Wildman–Crippen MR) is 94.4 cm³/mol. The van der Waals surface area contributed by atoms with Gasteiger partial charge in [0.1, 0.15) is 11.9 Å². The minimum Gasteiger partial charge on any atom is -0.354 e. The van der Waals surface area contributed by atoms with Crippen LogP contribution in [0, 0.1) is 5.82 Å². The molecule has 2 rings (SSSR count). The Bertz CT molecular complexity index is 512. The topological polar surface area (TPSA) is 38.8 Å². The molecule has 1 aliphatic heterocycles. The zero-order chi connectivity index (χ0) is 17.5. The number of hydrogen-bond acceptors (Lipinski definition) is 4. The Hall–Kier alpha value is -1.50. The van der Waals surface area contributed by atoms with Gasteiger partial charge in [0.05, 0.1) is 0 Å². The van der Waals surface area contributed by atoms with Crippen LogP contribution < -0.4 is 5.32 Å². The predicted octanol–water partition coefficient (Wildman–Crippen LogP) is 1.18. The number of nitrogens with one attached hydrogen (secondary N) is 1. The van der Waals surface area contributed by atoms with E-state index in [1.54, 1.807) is 12.1 Å². The molecule has 5 nitrogen and oxygen atoms in total. The van der Waals surface area contributed by atoms with E-state index in [0.717, 1.165) is 44.7 Å². The van der Waals surface area contributed by atoms with E-state index in [0.29, 0.717) is 6.54 Å². The molecule has 1 aromatic carbocycles. The SMILES string of the molecule is CN1CCN(CCCNC(=O)[C@@H](c2ccc(F)cc2)N(C)C)CC1. The Balaban J connectivity index is 1.78. The van der Waals surface area contributed by atoms with Crippen molar-refractivity contribution in [1.29, 1.82) is 0 Å². The molecule has 0 unspecified atom stereocenters. The molecule has 1 N–H and O–H groups in total. The van der Waals surface area contributed by atoms with Crippen LogP contribution >= 0.6 is 0 Å². The van der Waals surface area contributed by atoms with Crippen molar-refractivity contribution in [2.45, 2.75) is 12.5 Å². The van der Waals surface area contributed by atoms with E-state index in [9.17, 15) is 9.18 Å². The third-order valence-corrected chi connectivity index (χ3v) is 4.50. The van der Waals surface area contributed by atoms with E-state index < -0.39 is 6.04 Å². The first kappa shape index (κ1) is 18.8. The molecule has 24 heavy (non-hydrogen) atoms. The summed E-state index contributed by atoms with van der Waals surface area (Å²) in [4.78, 5) is 19.1. The minimum absolute atomic E-state index is 0.0371. The molecule has 0 saturated carbocycles. The summed E-state index contributed by atoms with van der Waals surface area (Å²) in [5.74, 6) is -0.325. The molecular formula is C18H29FN4O. The molecule has 1 saturated heterocycles. The van der Waals surface area contributed by atoms with Gasteiger partial charge in [-0.25, -0.2) is 4.39 Å². The maximum atomic E-state index is 13.1. The highest BCUT2D eigenvalue weighted by Crippen LogP contribution is 2.18. The van der Waals surface area contributed by atoms with Gasteiger partial charge < -0.3 is 15.1 Å². The number of hydrogen-bond donors (Lipinski definition) is 1. The lowest BCUT2D eigenvalue weighted by molar-refractivity contribution is -0.125. The summed E-state index contributed by atoms with van der Waals surface area (Å²) >= 11 is 0. The maximum Gasteiger partial charge on any atom is 0.241 e. The van der Waals surface area contributed by atoms with Crippen LogP contribution in [0.15, 0.2) is 24.3 Å². The molecule has 6 heteroatoms. The van der Waals surface area contributed by atoms with Crippen molar-refractivity contribution in [3.8, 4) is 0 Å². The molecular weight excluding hydrogens is 307 g/mol. The summed E-state index contributed by atoms with van der Waals surface area (Å²) in [7, 11) is 5.87. The van der Waals surface area contributed by atoms with Gasteiger partial charge in [0.25, 0.3) is 0 Å². The fourth-order valence-corrected chi connectivity index (χ4v) is 3.01. The van der Waals surface area contributed by atoms with Crippen LogP contribution in [0.25, 0.3) is 0 Å². The molecule has 1 heterocycles. The highest BCUT2D eigenvalue weighted by atomic mass is 19.1. The number of carbonyl (C=O) groups is 1. The lowest BCUT2D eigenvalue weighted by atomic mass is 10.1. The molecule has 1 fully saturated rings. The summed E-state index contributed by atoms with van der Waals surface area (Å²) in [6.07, 6.45) is 0.943. The van der Waals surface area contributed by atoms with Crippen molar-refractivity contribution in [3.05, 3.63) is 35.6 Å². The third kappa shape index (κ3) is 5.54. The standard InChI is InChI=1S/C18H29FN4O/c1-21(2)17(15-5-7-16(19)8-6-15)18(24)20-9-4-10-23-13-11-22(3)12-14-23/h5-8,17H,4,9-14H2,1-3H3,(H,20,24)/t17-/m1/s1. The summed E-state index contributed by atoms with van der Waals surface area (Å²) in [6.45, 7) is 6.09. The molecule has 0 spiro atoms. The summed E-state index contributed by atoms with van der Waals surface area (Å²) < 4.78 is 13.1. The normalized spacial score (nSPS) is 17.9. The van der Waals surface area contributed by atoms with Crippen molar-refractivity contribution in [2.75, 3.05) is 60.4 Å².